The lowest BCUT2D eigenvalue weighted by Gasteiger charge is -2.13. The van der Waals surface area contributed by atoms with Gasteiger partial charge in [0.05, 0.1) is 7.11 Å². The molecule has 6 nitrogen and oxygen atoms in total. The van der Waals surface area contributed by atoms with Crippen molar-refractivity contribution in [3.05, 3.63) is 94.5 Å². The average Bonchev–Trinajstić information content (AvgIpc) is 2.76. The molecule has 3 rings (SSSR count). The summed E-state index contributed by atoms with van der Waals surface area (Å²) in [5, 5.41) is 0. The minimum absolute atomic E-state index is 0.333. The summed E-state index contributed by atoms with van der Waals surface area (Å²) in [5.41, 5.74) is 8.64. The van der Waals surface area contributed by atoms with Gasteiger partial charge in [-0.05, 0) is 49.2 Å². The smallest absolute Gasteiger partial charge is 0.269 e. The molecule has 0 saturated heterocycles. The van der Waals surface area contributed by atoms with Crippen molar-refractivity contribution < 1.29 is 19.1 Å². The molecule has 6 heteroatoms. The van der Waals surface area contributed by atoms with E-state index in [9.17, 15) is 9.59 Å². The molecular weight excluding hydrogens is 380 g/mol. The van der Waals surface area contributed by atoms with Crippen molar-refractivity contribution in [1.82, 2.24) is 10.9 Å². The number of hydrazine groups is 1. The molecule has 0 bridgehead atoms. The first-order valence-corrected chi connectivity index (χ1v) is 9.50. The third-order valence-electron chi connectivity index (χ3n) is 4.58. The minimum atomic E-state index is -0.457. The standard InChI is InChI=1S/C24H24N2O4/c1-16-9-11-20(17(2)13-16)24(28)26-25-23(27)19-10-12-21(22(14-19)29-3)30-15-18-7-5-4-6-8-18/h4-14H,15H2,1-3H3,(H,25,27)(H,26,28). The van der Waals surface area contributed by atoms with Crippen molar-refractivity contribution in [3.63, 3.8) is 0 Å². The first kappa shape index (κ1) is 20.9. The maximum Gasteiger partial charge on any atom is 0.269 e. The van der Waals surface area contributed by atoms with Crippen LogP contribution in [0, 0.1) is 13.8 Å². The van der Waals surface area contributed by atoms with Crippen molar-refractivity contribution in [2.24, 2.45) is 0 Å². The quantitative estimate of drug-likeness (QED) is 0.610. The van der Waals surface area contributed by atoms with Gasteiger partial charge in [-0.2, -0.15) is 0 Å². The fraction of sp³-hybridized carbons (Fsp3) is 0.167. The Hall–Kier alpha value is -3.80. The van der Waals surface area contributed by atoms with Crippen LogP contribution in [0.1, 0.15) is 37.4 Å². The molecule has 0 fully saturated rings. The van der Waals surface area contributed by atoms with Crippen LogP contribution in [0.3, 0.4) is 0 Å². The molecule has 2 amide bonds. The van der Waals surface area contributed by atoms with Crippen LogP contribution in [-0.4, -0.2) is 18.9 Å². The van der Waals surface area contributed by atoms with Gasteiger partial charge < -0.3 is 9.47 Å². The number of carbonyl (C=O) groups is 2. The molecule has 30 heavy (non-hydrogen) atoms. The van der Waals surface area contributed by atoms with E-state index >= 15 is 0 Å². The van der Waals surface area contributed by atoms with Crippen LogP contribution in [-0.2, 0) is 6.61 Å². The average molecular weight is 404 g/mol. The summed E-state index contributed by atoms with van der Waals surface area (Å²) in [4.78, 5) is 24.8. The highest BCUT2D eigenvalue weighted by molar-refractivity contribution is 6.00. The Morgan fingerprint density at radius 1 is 0.833 bits per heavy atom. The first-order chi connectivity index (χ1) is 14.5. The lowest BCUT2D eigenvalue weighted by Crippen LogP contribution is -2.41. The van der Waals surface area contributed by atoms with E-state index in [1.54, 1.807) is 24.3 Å². The molecule has 0 heterocycles. The van der Waals surface area contributed by atoms with Gasteiger partial charge in [0.1, 0.15) is 6.61 Å². The molecule has 2 N–H and O–H groups in total. The zero-order valence-corrected chi connectivity index (χ0v) is 17.2. The normalized spacial score (nSPS) is 10.2. The number of rotatable bonds is 6. The molecule has 0 atom stereocenters. The van der Waals surface area contributed by atoms with E-state index < -0.39 is 5.91 Å². The zero-order valence-electron chi connectivity index (χ0n) is 17.2. The van der Waals surface area contributed by atoms with E-state index in [1.807, 2.05) is 56.3 Å². The topological polar surface area (TPSA) is 76.7 Å². The number of benzene rings is 3. The summed E-state index contributed by atoms with van der Waals surface area (Å²) in [5.74, 6) is 0.119. The maximum absolute atomic E-state index is 12.5. The highest BCUT2D eigenvalue weighted by atomic mass is 16.5. The fourth-order valence-electron chi connectivity index (χ4n) is 2.98. The van der Waals surface area contributed by atoms with Gasteiger partial charge in [-0.3, -0.25) is 20.4 Å². The third-order valence-corrected chi connectivity index (χ3v) is 4.58. The van der Waals surface area contributed by atoms with Crippen LogP contribution in [0.25, 0.3) is 0 Å². The minimum Gasteiger partial charge on any atom is -0.493 e. The van der Waals surface area contributed by atoms with Crippen LogP contribution in [0.4, 0.5) is 0 Å². The molecule has 3 aromatic rings. The summed E-state index contributed by atoms with van der Waals surface area (Å²) in [6, 6.07) is 20.1. The second kappa shape index (κ2) is 9.60. The van der Waals surface area contributed by atoms with Crippen molar-refractivity contribution >= 4 is 11.8 Å². The Morgan fingerprint density at radius 2 is 1.57 bits per heavy atom. The summed E-state index contributed by atoms with van der Waals surface area (Å²) in [7, 11) is 1.51. The van der Waals surface area contributed by atoms with Crippen molar-refractivity contribution in [2.75, 3.05) is 7.11 Å². The number of nitrogens with one attached hydrogen (secondary N) is 2. The number of methoxy groups -OCH3 is 1. The van der Waals surface area contributed by atoms with Crippen LogP contribution in [0.5, 0.6) is 11.5 Å². The highest BCUT2D eigenvalue weighted by Crippen LogP contribution is 2.28. The Morgan fingerprint density at radius 3 is 2.27 bits per heavy atom. The number of hydrogen-bond donors (Lipinski definition) is 2. The van der Waals surface area contributed by atoms with Gasteiger partial charge in [-0.1, -0.05) is 48.0 Å². The lowest BCUT2D eigenvalue weighted by atomic mass is 10.1. The van der Waals surface area contributed by atoms with Gasteiger partial charge in [-0.25, -0.2) is 0 Å². The Balaban J connectivity index is 1.63. The van der Waals surface area contributed by atoms with E-state index in [2.05, 4.69) is 10.9 Å². The molecule has 0 aliphatic carbocycles. The molecule has 0 spiro atoms. The highest BCUT2D eigenvalue weighted by Gasteiger charge is 2.14. The summed E-state index contributed by atoms with van der Waals surface area (Å²) >= 11 is 0. The molecule has 0 aromatic heterocycles. The van der Waals surface area contributed by atoms with Crippen molar-refractivity contribution in [2.45, 2.75) is 20.5 Å². The second-order valence-corrected chi connectivity index (χ2v) is 6.87. The van der Waals surface area contributed by atoms with Gasteiger partial charge in [0, 0.05) is 11.1 Å². The van der Waals surface area contributed by atoms with Crippen LogP contribution < -0.4 is 20.3 Å². The predicted octanol–water partition coefficient (Wildman–Crippen LogP) is 3.97. The van der Waals surface area contributed by atoms with Gasteiger partial charge in [-0.15, -0.1) is 0 Å². The van der Waals surface area contributed by atoms with Gasteiger partial charge in [0.15, 0.2) is 11.5 Å². The number of hydrogen-bond acceptors (Lipinski definition) is 4. The van der Waals surface area contributed by atoms with Crippen molar-refractivity contribution in [1.29, 1.82) is 0 Å². The van der Waals surface area contributed by atoms with E-state index in [0.717, 1.165) is 16.7 Å². The predicted molar refractivity (Wildman–Crippen MR) is 115 cm³/mol. The summed E-state index contributed by atoms with van der Waals surface area (Å²) in [6.45, 7) is 4.19. The molecule has 0 aliphatic heterocycles. The number of ether oxygens (including phenoxy) is 2. The largest absolute Gasteiger partial charge is 0.493 e. The summed E-state index contributed by atoms with van der Waals surface area (Å²) < 4.78 is 11.2. The Labute approximate surface area is 175 Å². The van der Waals surface area contributed by atoms with Crippen LogP contribution >= 0.6 is 0 Å². The molecule has 0 aliphatic rings. The molecule has 0 saturated carbocycles. The maximum atomic E-state index is 12.5. The number of carbonyl (C=O) groups excluding carboxylic acids is 2. The lowest BCUT2D eigenvalue weighted by molar-refractivity contribution is 0.0846. The molecule has 3 aromatic carbocycles. The molecular formula is C24H24N2O4. The van der Waals surface area contributed by atoms with Gasteiger partial charge >= 0.3 is 0 Å². The zero-order chi connectivity index (χ0) is 21.5. The van der Waals surface area contributed by atoms with E-state index in [0.29, 0.717) is 29.2 Å². The Kier molecular flexibility index (Phi) is 6.70. The van der Waals surface area contributed by atoms with Crippen LogP contribution in [0.2, 0.25) is 0 Å². The third kappa shape index (κ3) is 5.17. The fourth-order valence-corrected chi connectivity index (χ4v) is 2.98. The van der Waals surface area contributed by atoms with E-state index in [-0.39, 0.29) is 5.91 Å². The van der Waals surface area contributed by atoms with E-state index in [4.69, 9.17) is 9.47 Å². The number of amides is 2. The SMILES string of the molecule is COc1cc(C(=O)NNC(=O)c2ccc(C)cc2C)ccc1OCc1ccccc1. The second-order valence-electron chi connectivity index (χ2n) is 6.87. The monoisotopic (exact) mass is 404 g/mol. The molecule has 0 radical (unpaired) electrons. The van der Waals surface area contributed by atoms with Crippen molar-refractivity contribution in [3.8, 4) is 11.5 Å². The molecule has 154 valence electrons. The number of aryl methyl sites for hydroxylation is 2. The Bertz CT molecular complexity index is 1050. The van der Waals surface area contributed by atoms with Gasteiger partial charge in [0.25, 0.3) is 11.8 Å². The van der Waals surface area contributed by atoms with Crippen LogP contribution in [0.15, 0.2) is 66.7 Å². The van der Waals surface area contributed by atoms with E-state index in [1.165, 1.54) is 7.11 Å². The first-order valence-electron chi connectivity index (χ1n) is 9.50. The summed E-state index contributed by atoms with van der Waals surface area (Å²) in [6.07, 6.45) is 0. The molecule has 0 unspecified atom stereocenters. The van der Waals surface area contributed by atoms with Gasteiger partial charge in [0.2, 0.25) is 0 Å².